The molecular formula is C9H16N2O2S2. The lowest BCUT2D eigenvalue weighted by molar-refractivity contribution is 0.352. The molecular weight excluding hydrogens is 232 g/mol. The predicted octanol–water partition coefficient (Wildman–Crippen LogP) is 0.478. The van der Waals surface area contributed by atoms with Crippen LogP contribution in [0.2, 0.25) is 0 Å². The quantitative estimate of drug-likeness (QED) is 0.735. The monoisotopic (exact) mass is 248 g/mol. The highest BCUT2D eigenvalue weighted by molar-refractivity contribution is 7.89. The number of thiocarbonyl (C=S) groups is 1. The first-order valence-corrected chi connectivity index (χ1v) is 7.22. The molecule has 2 fully saturated rings. The van der Waals surface area contributed by atoms with Crippen molar-refractivity contribution in [2.45, 2.75) is 25.7 Å². The zero-order chi connectivity index (χ0) is 11.1. The fraction of sp³-hybridized carbons (Fsp3) is 0.889. The summed E-state index contributed by atoms with van der Waals surface area (Å²) in [7, 11) is -2.97. The first-order chi connectivity index (χ1) is 6.94. The normalized spacial score (nSPS) is 27.7. The summed E-state index contributed by atoms with van der Waals surface area (Å²) in [5, 5.41) is 0. The van der Waals surface area contributed by atoms with E-state index in [1.165, 1.54) is 0 Å². The van der Waals surface area contributed by atoms with Crippen molar-refractivity contribution in [3.8, 4) is 0 Å². The molecule has 2 rings (SSSR count). The maximum atomic E-state index is 11.6. The van der Waals surface area contributed by atoms with Crippen LogP contribution in [0.25, 0.3) is 0 Å². The van der Waals surface area contributed by atoms with Gasteiger partial charge in [0.15, 0.2) is 0 Å². The van der Waals surface area contributed by atoms with Gasteiger partial charge < -0.3 is 5.73 Å². The van der Waals surface area contributed by atoms with Crippen LogP contribution in [0.15, 0.2) is 0 Å². The SMILES string of the molecule is NC(=S)CC1(CN2CCCS2(=O)=O)CC1. The Kier molecular flexibility index (Phi) is 2.77. The van der Waals surface area contributed by atoms with Gasteiger partial charge in [0.05, 0.1) is 10.7 Å². The Labute approximate surface area is 95.9 Å². The molecule has 1 heterocycles. The molecule has 0 unspecified atom stereocenters. The van der Waals surface area contributed by atoms with Crippen LogP contribution in [-0.2, 0) is 10.0 Å². The molecule has 0 aromatic carbocycles. The van der Waals surface area contributed by atoms with Gasteiger partial charge in [0.25, 0.3) is 0 Å². The molecule has 4 nitrogen and oxygen atoms in total. The molecule has 2 aliphatic rings. The van der Waals surface area contributed by atoms with Crippen molar-refractivity contribution in [1.29, 1.82) is 0 Å². The third-order valence-electron chi connectivity index (χ3n) is 3.22. The summed E-state index contributed by atoms with van der Waals surface area (Å²) in [5.74, 6) is 0.302. The summed E-state index contributed by atoms with van der Waals surface area (Å²) in [5.41, 5.74) is 5.60. The Morgan fingerprint density at radius 3 is 2.53 bits per heavy atom. The Morgan fingerprint density at radius 2 is 2.13 bits per heavy atom. The summed E-state index contributed by atoms with van der Waals surface area (Å²) in [6.07, 6.45) is 3.55. The van der Waals surface area contributed by atoms with Gasteiger partial charge in [0.2, 0.25) is 10.0 Å². The minimum absolute atomic E-state index is 0.0727. The number of rotatable bonds is 4. The summed E-state index contributed by atoms with van der Waals surface area (Å²) < 4.78 is 24.8. The van der Waals surface area contributed by atoms with Crippen LogP contribution >= 0.6 is 12.2 Å². The van der Waals surface area contributed by atoms with E-state index >= 15 is 0 Å². The molecule has 0 bridgehead atoms. The number of nitrogens with zero attached hydrogens (tertiary/aromatic N) is 1. The van der Waals surface area contributed by atoms with E-state index in [1.54, 1.807) is 4.31 Å². The fourth-order valence-corrected chi connectivity index (χ4v) is 4.12. The molecule has 0 radical (unpaired) electrons. The lowest BCUT2D eigenvalue weighted by atomic mass is 10.0. The minimum Gasteiger partial charge on any atom is -0.393 e. The van der Waals surface area contributed by atoms with Crippen molar-refractivity contribution in [3.63, 3.8) is 0 Å². The van der Waals surface area contributed by atoms with E-state index in [1.807, 2.05) is 0 Å². The molecule has 0 aromatic heterocycles. The van der Waals surface area contributed by atoms with Crippen molar-refractivity contribution in [2.24, 2.45) is 11.1 Å². The van der Waals surface area contributed by atoms with Gasteiger partial charge in [-0.05, 0) is 24.7 Å². The van der Waals surface area contributed by atoms with E-state index in [0.29, 0.717) is 30.3 Å². The first kappa shape index (κ1) is 11.3. The second kappa shape index (κ2) is 3.68. The van der Waals surface area contributed by atoms with E-state index < -0.39 is 10.0 Å². The number of hydrogen-bond acceptors (Lipinski definition) is 3. The molecule has 0 atom stereocenters. The van der Waals surface area contributed by atoms with Gasteiger partial charge in [-0.2, -0.15) is 0 Å². The molecule has 86 valence electrons. The van der Waals surface area contributed by atoms with Crippen LogP contribution in [-0.4, -0.2) is 36.6 Å². The van der Waals surface area contributed by atoms with Gasteiger partial charge in [-0.3, -0.25) is 0 Å². The van der Waals surface area contributed by atoms with Crippen molar-refractivity contribution >= 4 is 27.2 Å². The van der Waals surface area contributed by atoms with Gasteiger partial charge in [0, 0.05) is 19.5 Å². The molecule has 6 heteroatoms. The smallest absolute Gasteiger partial charge is 0.214 e. The lowest BCUT2D eigenvalue weighted by Gasteiger charge is -2.21. The summed E-state index contributed by atoms with van der Waals surface area (Å²) in [6.45, 7) is 1.29. The van der Waals surface area contributed by atoms with E-state index in [0.717, 1.165) is 19.3 Å². The molecule has 1 aliphatic carbocycles. The van der Waals surface area contributed by atoms with Crippen molar-refractivity contribution in [3.05, 3.63) is 0 Å². The zero-order valence-corrected chi connectivity index (χ0v) is 10.2. The highest BCUT2D eigenvalue weighted by Gasteiger charge is 2.46. The summed E-state index contributed by atoms with van der Waals surface area (Å²) in [4.78, 5) is 0.504. The minimum atomic E-state index is -2.97. The van der Waals surface area contributed by atoms with E-state index in [-0.39, 0.29) is 5.41 Å². The van der Waals surface area contributed by atoms with Crippen LogP contribution in [0.1, 0.15) is 25.7 Å². The Hall–Kier alpha value is -0.200. The molecule has 1 saturated carbocycles. The van der Waals surface area contributed by atoms with Gasteiger partial charge in [-0.25, -0.2) is 12.7 Å². The molecule has 1 saturated heterocycles. The molecule has 0 aromatic rings. The molecule has 2 N–H and O–H groups in total. The van der Waals surface area contributed by atoms with Gasteiger partial charge >= 0.3 is 0 Å². The van der Waals surface area contributed by atoms with Crippen molar-refractivity contribution < 1.29 is 8.42 Å². The second-order valence-corrected chi connectivity index (χ2v) is 7.26. The highest BCUT2D eigenvalue weighted by Crippen LogP contribution is 2.50. The van der Waals surface area contributed by atoms with Crippen LogP contribution in [0.4, 0.5) is 0 Å². The largest absolute Gasteiger partial charge is 0.393 e. The van der Waals surface area contributed by atoms with Gasteiger partial charge in [-0.15, -0.1) is 0 Å². The highest BCUT2D eigenvalue weighted by atomic mass is 32.2. The first-order valence-electron chi connectivity index (χ1n) is 5.20. The van der Waals surface area contributed by atoms with Crippen molar-refractivity contribution in [2.75, 3.05) is 18.8 Å². The number of sulfonamides is 1. The number of hydrogen-bond donors (Lipinski definition) is 1. The van der Waals surface area contributed by atoms with E-state index in [9.17, 15) is 8.42 Å². The fourth-order valence-electron chi connectivity index (χ4n) is 2.18. The average molecular weight is 248 g/mol. The Morgan fingerprint density at radius 1 is 1.47 bits per heavy atom. The Balaban J connectivity index is 2.00. The average Bonchev–Trinajstić information content (AvgIpc) is 2.73. The molecule has 0 spiro atoms. The topological polar surface area (TPSA) is 63.4 Å². The second-order valence-electron chi connectivity index (χ2n) is 4.65. The van der Waals surface area contributed by atoms with E-state index in [4.69, 9.17) is 18.0 Å². The van der Waals surface area contributed by atoms with Crippen molar-refractivity contribution in [1.82, 2.24) is 4.31 Å². The van der Waals surface area contributed by atoms with Gasteiger partial charge in [-0.1, -0.05) is 12.2 Å². The molecule has 1 aliphatic heterocycles. The Bertz CT molecular complexity index is 374. The third-order valence-corrected chi connectivity index (χ3v) is 5.27. The lowest BCUT2D eigenvalue weighted by Crippen LogP contribution is -2.33. The summed E-state index contributed by atoms with van der Waals surface area (Å²) in [6, 6.07) is 0. The predicted molar refractivity (Wildman–Crippen MR) is 63.0 cm³/mol. The van der Waals surface area contributed by atoms with E-state index in [2.05, 4.69) is 0 Å². The molecule has 0 amide bonds. The zero-order valence-electron chi connectivity index (χ0n) is 8.61. The molecule has 15 heavy (non-hydrogen) atoms. The standard InChI is InChI=1S/C9H16N2O2S2/c10-8(14)6-9(2-3-9)7-11-4-1-5-15(11,12)13/h1-7H2,(H2,10,14). The van der Waals surface area contributed by atoms with Crippen LogP contribution in [0, 0.1) is 5.41 Å². The van der Waals surface area contributed by atoms with Crippen LogP contribution < -0.4 is 5.73 Å². The summed E-state index contributed by atoms with van der Waals surface area (Å²) >= 11 is 4.89. The maximum absolute atomic E-state index is 11.6. The van der Waals surface area contributed by atoms with Gasteiger partial charge in [0.1, 0.15) is 0 Å². The number of nitrogens with two attached hydrogens (primary N) is 1. The van der Waals surface area contributed by atoms with Crippen LogP contribution in [0.3, 0.4) is 0 Å². The van der Waals surface area contributed by atoms with Crippen LogP contribution in [0.5, 0.6) is 0 Å². The maximum Gasteiger partial charge on any atom is 0.214 e. The third kappa shape index (κ3) is 2.49.